The SMILES string of the molecule is C=CCO[C@@]12Oc3ccc(Oc4ccc(C)c(C)c4)cc3[C@H]3[C@H](CCCCO)[C@@H](CCCCO)C=C(C(=NOCC)C[C@@H]1Sc1ccc(NC(C)=O)cc1)[C@H]32. The summed E-state index contributed by atoms with van der Waals surface area (Å²) in [6, 6.07) is 20.2. The van der Waals surface area contributed by atoms with E-state index in [4.69, 9.17) is 24.2 Å². The van der Waals surface area contributed by atoms with Gasteiger partial charge in [0.15, 0.2) is 0 Å². The van der Waals surface area contributed by atoms with E-state index in [1.807, 2.05) is 49.4 Å². The second-order valence-corrected chi connectivity index (χ2v) is 16.1. The van der Waals surface area contributed by atoms with Gasteiger partial charge in [0.2, 0.25) is 11.7 Å². The largest absolute Gasteiger partial charge is 0.460 e. The topological polar surface area (TPSA) is 119 Å². The zero-order chi connectivity index (χ0) is 39.0. The van der Waals surface area contributed by atoms with Crippen molar-refractivity contribution in [2.24, 2.45) is 22.9 Å². The van der Waals surface area contributed by atoms with E-state index in [1.54, 1.807) is 17.8 Å². The van der Waals surface area contributed by atoms with Gasteiger partial charge in [0.1, 0.15) is 23.9 Å². The molecule has 0 spiro atoms. The summed E-state index contributed by atoms with van der Waals surface area (Å²) < 4.78 is 20.9. The normalized spacial score (nSPS) is 24.6. The molecule has 3 N–H and O–H groups in total. The average molecular weight is 769 g/mol. The van der Waals surface area contributed by atoms with E-state index in [0.717, 1.165) is 88.8 Å². The first-order valence-corrected chi connectivity index (χ1v) is 20.6. The molecule has 0 bridgehead atoms. The number of thioether (sulfide) groups is 1. The molecule has 3 aliphatic rings. The van der Waals surface area contributed by atoms with Crippen LogP contribution in [0.3, 0.4) is 0 Å². The number of carbonyl (C=O) groups is 1. The van der Waals surface area contributed by atoms with Crippen LogP contribution < -0.4 is 14.8 Å². The second kappa shape index (κ2) is 18.7. The maximum Gasteiger partial charge on any atom is 0.231 e. The van der Waals surface area contributed by atoms with Crippen LogP contribution >= 0.6 is 11.8 Å². The monoisotopic (exact) mass is 768 g/mol. The number of aliphatic hydroxyl groups excluding tert-OH is 2. The number of amides is 1. The second-order valence-electron chi connectivity index (χ2n) is 14.8. The zero-order valence-corrected chi connectivity index (χ0v) is 33.4. The molecule has 2 aliphatic carbocycles. The lowest BCUT2D eigenvalue weighted by Crippen LogP contribution is -2.64. The molecule has 1 fully saturated rings. The van der Waals surface area contributed by atoms with Crippen LogP contribution in [0.1, 0.15) is 81.4 Å². The Hall–Kier alpha value is -4.09. The maximum atomic E-state index is 11.8. The van der Waals surface area contributed by atoms with Gasteiger partial charge >= 0.3 is 0 Å². The Kier molecular flexibility index (Phi) is 13.8. The van der Waals surface area contributed by atoms with E-state index in [9.17, 15) is 15.0 Å². The van der Waals surface area contributed by atoms with Crippen molar-refractivity contribution in [3.05, 3.63) is 102 Å². The van der Waals surface area contributed by atoms with Crippen molar-refractivity contribution in [2.45, 2.75) is 94.5 Å². The molecule has 294 valence electrons. The third-order valence-electron chi connectivity index (χ3n) is 11.1. The highest BCUT2D eigenvalue weighted by Crippen LogP contribution is 2.63. The first-order valence-electron chi connectivity index (χ1n) is 19.7. The highest BCUT2D eigenvalue weighted by atomic mass is 32.2. The lowest BCUT2D eigenvalue weighted by atomic mass is 9.56. The quantitative estimate of drug-likeness (QED) is 0.0666. The van der Waals surface area contributed by atoms with E-state index in [0.29, 0.717) is 13.0 Å². The number of benzene rings is 3. The van der Waals surface area contributed by atoms with Crippen molar-refractivity contribution in [3.8, 4) is 17.2 Å². The zero-order valence-electron chi connectivity index (χ0n) is 32.6. The molecule has 3 aromatic rings. The molecular weight excluding hydrogens is 713 g/mol. The molecule has 0 radical (unpaired) electrons. The Bertz CT molecular complexity index is 1860. The number of aryl methyl sites for hydroxylation is 2. The summed E-state index contributed by atoms with van der Waals surface area (Å²) in [7, 11) is 0. The van der Waals surface area contributed by atoms with Crippen molar-refractivity contribution in [1.29, 1.82) is 0 Å². The molecule has 6 atom stereocenters. The highest BCUT2D eigenvalue weighted by molar-refractivity contribution is 8.00. The summed E-state index contributed by atoms with van der Waals surface area (Å²) in [5.74, 6) is 1.11. The number of aliphatic hydroxyl groups is 2. The van der Waals surface area contributed by atoms with E-state index in [2.05, 4.69) is 50.0 Å². The number of nitrogens with one attached hydrogen (secondary N) is 1. The summed E-state index contributed by atoms with van der Waals surface area (Å²) in [4.78, 5) is 18.6. The molecule has 0 unspecified atom stereocenters. The van der Waals surface area contributed by atoms with Crippen LogP contribution in [0.4, 0.5) is 5.69 Å². The van der Waals surface area contributed by atoms with E-state index >= 15 is 0 Å². The van der Waals surface area contributed by atoms with Gasteiger partial charge in [0, 0.05) is 48.6 Å². The number of hydrogen-bond donors (Lipinski definition) is 3. The smallest absolute Gasteiger partial charge is 0.231 e. The molecule has 1 amide bonds. The predicted octanol–water partition coefficient (Wildman–Crippen LogP) is 9.50. The van der Waals surface area contributed by atoms with E-state index in [1.165, 1.54) is 12.5 Å². The third kappa shape index (κ3) is 9.15. The molecule has 0 saturated heterocycles. The minimum absolute atomic E-state index is 0.0490. The molecule has 1 heterocycles. The Morgan fingerprint density at radius 2 is 1.73 bits per heavy atom. The Morgan fingerprint density at radius 3 is 2.42 bits per heavy atom. The van der Waals surface area contributed by atoms with Gasteiger partial charge in [-0.1, -0.05) is 36.2 Å². The summed E-state index contributed by atoms with van der Waals surface area (Å²) in [5, 5.41) is 27.1. The first kappa shape index (κ1) is 40.6. The average Bonchev–Trinajstić information content (AvgIpc) is 3.17. The molecule has 6 rings (SSSR count). The fourth-order valence-electron chi connectivity index (χ4n) is 8.53. The molecule has 1 saturated carbocycles. The number of rotatable bonds is 18. The lowest BCUT2D eigenvalue weighted by Gasteiger charge is -2.58. The standard InChI is InChI=1S/C45H56N2O7S/c1-6-24-51-45-42(55-36-19-15-33(16-20-36)46-31(5)50)28-40(47-52-7-2)38-26-32(12-8-10-22-48)37(13-9-11-23-49)43(44(38)45)39-27-35(18-21-41(39)54-45)53-34-17-14-29(3)30(4)25-34/h6,14-21,25-27,32,37,42-44,48-49H,1,7-13,22-24,28H2,2-5H3,(H,46,50)/t32-,37+,42-,43+,44+,45+/m0/s1. The predicted molar refractivity (Wildman–Crippen MR) is 219 cm³/mol. The lowest BCUT2D eigenvalue weighted by molar-refractivity contribution is -0.223. The highest BCUT2D eigenvalue weighted by Gasteiger charge is 2.64. The van der Waals surface area contributed by atoms with Crippen LogP contribution in [0.2, 0.25) is 0 Å². The van der Waals surface area contributed by atoms with Crippen LogP contribution in [-0.2, 0) is 14.4 Å². The van der Waals surface area contributed by atoms with E-state index in [-0.39, 0.29) is 54.6 Å². The van der Waals surface area contributed by atoms with Crippen molar-refractivity contribution in [3.63, 3.8) is 0 Å². The van der Waals surface area contributed by atoms with Crippen LogP contribution in [0.15, 0.2) is 95.0 Å². The molecule has 9 nitrogen and oxygen atoms in total. The van der Waals surface area contributed by atoms with Gasteiger partial charge in [-0.3, -0.25) is 4.79 Å². The molecule has 3 aromatic carbocycles. The van der Waals surface area contributed by atoms with Gasteiger partial charge in [-0.15, -0.1) is 18.3 Å². The van der Waals surface area contributed by atoms with Gasteiger partial charge in [-0.05, 0) is 130 Å². The number of anilines is 1. The third-order valence-corrected chi connectivity index (χ3v) is 12.4. The van der Waals surface area contributed by atoms with Gasteiger partial charge in [0.25, 0.3) is 0 Å². The van der Waals surface area contributed by atoms with Gasteiger partial charge < -0.3 is 34.6 Å². The molecule has 1 aliphatic heterocycles. The minimum atomic E-state index is -1.11. The maximum absolute atomic E-state index is 11.8. The van der Waals surface area contributed by atoms with Gasteiger partial charge in [-0.25, -0.2) is 0 Å². The van der Waals surface area contributed by atoms with Crippen LogP contribution in [0.25, 0.3) is 0 Å². The van der Waals surface area contributed by atoms with Crippen molar-refractivity contribution >= 4 is 29.1 Å². The number of ether oxygens (including phenoxy) is 3. The number of nitrogens with zero attached hydrogens (tertiary/aromatic N) is 1. The summed E-state index contributed by atoms with van der Waals surface area (Å²) in [6.45, 7) is 12.7. The van der Waals surface area contributed by atoms with Crippen LogP contribution in [0.5, 0.6) is 17.2 Å². The van der Waals surface area contributed by atoms with Gasteiger partial charge in [-0.2, -0.15) is 0 Å². The van der Waals surface area contributed by atoms with Crippen molar-refractivity contribution in [2.75, 3.05) is 31.7 Å². The number of carbonyl (C=O) groups excluding carboxylic acids is 1. The summed E-state index contributed by atoms with van der Waals surface area (Å²) in [6.07, 6.45) is 9.73. The summed E-state index contributed by atoms with van der Waals surface area (Å²) in [5.41, 5.74) is 6.14. The number of allylic oxidation sites excluding steroid dienone is 1. The van der Waals surface area contributed by atoms with Crippen molar-refractivity contribution < 1.29 is 34.1 Å². The Labute approximate surface area is 330 Å². The molecule has 55 heavy (non-hydrogen) atoms. The number of unbranched alkanes of at least 4 members (excludes halogenated alkanes) is 2. The molecular formula is C45H56N2O7S. The number of hydrogen-bond acceptors (Lipinski definition) is 9. The van der Waals surface area contributed by atoms with Crippen LogP contribution in [0, 0.1) is 31.6 Å². The fraction of sp³-hybridized carbons (Fsp3) is 0.467. The Balaban J connectivity index is 1.53. The number of fused-ring (bicyclic) bond motifs is 2. The van der Waals surface area contributed by atoms with Crippen LogP contribution in [-0.4, -0.2) is 59.3 Å². The fourth-order valence-corrected chi connectivity index (χ4v) is 9.82. The minimum Gasteiger partial charge on any atom is -0.460 e. The van der Waals surface area contributed by atoms with Gasteiger partial charge in [0.05, 0.1) is 23.5 Å². The van der Waals surface area contributed by atoms with Crippen molar-refractivity contribution in [1.82, 2.24) is 0 Å². The Morgan fingerprint density at radius 1 is 1.00 bits per heavy atom. The number of oxime groups is 1. The molecule has 10 heteroatoms. The first-order chi connectivity index (χ1) is 26.7. The van der Waals surface area contributed by atoms with E-state index < -0.39 is 5.79 Å². The molecule has 0 aromatic heterocycles. The summed E-state index contributed by atoms with van der Waals surface area (Å²) >= 11 is 1.68.